The Bertz CT molecular complexity index is 874. The van der Waals surface area contributed by atoms with Crippen molar-refractivity contribution < 1.29 is 19.1 Å². The Morgan fingerprint density at radius 1 is 1.23 bits per heavy atom. The van der Waals surface area contributed by atoms with Crippen molar-refractivity contribution in [3.8, 4) is 11.5 Å². The number of ether oxygens (including phenoxy) is 2. The molecular weight excluding hydrogens is 332 g/mol. The van der Waals surface area contributed by atoms with Gasteiger partial charge in [0.25, 0.3) is 11.8 Å². The van der Waals surface area contributed by atoms with Gasteiger partial charge in [0.1, 0.15) is 17.2 Å². The van der Waals surface area contributed by atoms with Crippen molar-refractivity contribution >= 4 is 23.2 Å². The number of amides is 2. The van der Waals surface area contributed by atoms with Crippen LogP contribution in [0.2, 0.25) is 0 Å². The van der Waals surface area contributed by atoms with Gasteiger partial charge in [-0.15, -0.1) is 0 Å². The van der Waals surface area contributed by atoms with Crippen LogP contribution >= 0.6 is 0 Å². The van der Waals surface area contributed by atoms with Crippen LogP contribution in [0.25, 0.3) is 0 Å². The zero-order chi connectivity index (χ0) is 18.9. The fraction of sp³-hybridized carbons (Fsp3) is 0.300. The fourth-order valence-corrected chi connectivity index (χ4v) is 2.63. The first-order valence-corrected chi connectivity index (χ1v) is 8.39. The van der Waals surface area contributed by atoms with E-state index in [1.807, 2.05) is 32.0 Å². The molecule has 6 nitrogen and oxygen atoms in total. The second-order valence-electron chi connectivity index (χ2n) is 6.85. The Morgan fingerprint density at radius 2 is 2.00 bits per heavy atom. The van der Waals surface area contributed by atoms with Crippen LogP contribution in [0.5, 0.6) is 11.5 Å². The number of fused-ring (bicyclic) bond motifs is 1. The molecule has 26 heavy (non-hydrogen) atoms. The molecule has 1 aliphatic rings. The number of carbonyl (C=O) groups excluding carboxylic acids is 2. The van der Waals surface area contributed by atoms with Gasteiger partial charge in [-0.3, -0.25) is 9.59 Å². The molecule has 0 spiro atoms. The predicted octanol–water partition coefficient (Wildman–Crippen LogP) is 3.43. The van der Waals surface area contributed by atoms with Gasteiger partial charge >= 0.3 is 0 Å². The van der Waals surface area contributed by atoms with Crippen molar-refractivity contribution in [2.24, 2.45) is 0 Å². The Kier molecular flexibility index (Phi) is 4.59. The molecule has 0 saturated heterocycles. The van der Waals surface area contributed by atoms with E-state index < -0.39 is 5.60 Å². The molecule has 2 aromatic carbocycles. The van der Waals surface area contributed by atoms with E-state index in [1.165, 1.54) is 0 Å². The molecule has 2 amide bonds. The molecule has 6 heteroatoms. The summed E-state index contributed by atoms with van der Waals surface area (Å²) in [6.45, 7) is 7.14. The number of para-hydroxylation sites is 1. The average Bonchev–Trinajstić information content (AvgIpc) is 2.57. The standard InChI is InChI=1S/C20H22N2O4/c1-12-8-9-13(2)16(10-12)25-11-17(23)21-14-6-5-7-15-18(14)22-19(24)20(3,4)26-15/h5-10H,11H2,1-4H3,(H,21,23)(H,22,24). The topological polar surface area (TPSA) is 76.7 Å². The highest BCUT2D eigenvalue weighted by atomic mass is 16.5. The number of nitrogens with one attached hydrogen (secondary N) is 2. The van der Waals surface area contributed by atoms with Crippen molar-refractivity contribution in [1.82, 2.24) is 0 Å². The number of aryl methyl sites for hydroxylation is 2. The quantitative estimate of drug-likeness (QED) is 0.882. The smallest absolute Gasteiger partial charge is 0.268 e. The number of hydrogen-bond acceptors (Lipinski definition) is 4. The van der Waals surface area contributed by atoms with Crippen molar-refractivity contribution in [3.63, 3.8) is 0 Å². The van der Waals surface area contributed by atoms with E-state index in [0.29, 0.717) is 22.9 Å². The lowest BCUT2D eigenvalue weighted by Gasteiger charge is -2.32. The molecule has 3 rings (SSSR count). The molecule has 0 aliphatic carbocycles. The van der Waals surface area contributed by atoms with Gasteiger partial charge < -0.3 is 20.1 Å². The number of anilines is 2. The minimum atomic E-state index is -0.957. The van der Waals surface area contributed by atoms with Gasteiger partial charge in [-0.25, -0.2) is 0 Å². The normalized spacial score (nSPS) is 14.7. The van der Waals surface area contributed by atoms with Crippen LogP contribution in [-0.2, 0) is 9.59 Å². The maximum absolute atomic E-state index is 12.3. The van der Waals surface area contributed by atoms with Gasteiger partial charge in [0.05, 0.1) is 5.69 Å². The largest absolute Gasteiger partial charge is 0.483 e. The van der Waals surface area contributed by atoms with Crippen LogP contribution in [0.3, 0.4) is 0 Å². The molecule has 0 unspecified atom stereocenters. The molecule has 2 N–H and O–H groups in total. The Labute approximate surface area is 152 Å². The molecule has 0 bridgehead atoms. The highest BCUT2D eigenvalue weighted by Crippen LogP contribution is 2.38. The van der Waals surface area contributed by atoms with Gasteiger partial charge in [0.15, 0.2) is 12.2 Å². The summed E-state index contributed by atoms with van der Waals surface area (Å²) in [5, 5.41) is 5.56. The summed E-state index contributed by atoms with van der Waals surface area (Å²) < 4.78 is 11.3. The lowest BCUT2D eigenvalue weighted by Crippen LogP contribution is -2.45. The molecule has 1 aliphatic heterocycles. The minimum absolute atomic E-state index is 0.131. The maximum atomic E-state index is 12.3. The van der Waals surface area contributed by atoms with Gasteiger partial charge in [-0.05, 0) is 57.0 Å². The second kappa shape index (κ2) is 6.71. The van der Waals surface area contributed by atoms with E-state index in [-0.39, 0.29) is 18.4 Å². The van der Waals surface area contributed by atoms with Gasteiger partial charge in [0.2, 0.25) is 0 Å². The monoisotopic (exact) mass is 354 g/mol. The maximum Gasteiger partial charge on any atom is 0.268 e. The summed E-state index contributed by atoms with van der Waals surface area (Å²) in [7, 11) is 0. The third-order valence-corrected chi connectivity index (χ3v) is 4.15. The fourth-order valence-electron chi connectivity index (χ4n) is 2.63. The molecule has 0 aromatic heterocycles. The lowest BCUT2D eigenvalue weighted by molar-refractivity contribution is -0.129. The summed E-state index contributed by atoms with van der Waals surface area (Å²) in [6.07, 6.45) is 0. The first kappa shape index (κ1) is 17.8. The summed E-state index contributed by atoms with van der Waals surface area (Å²) in [4.78, 5) is 24.4. The Morgan fingerprint density at radius 3 is 2.77 bits per heavy atom. The van der Waals surface area contributed by atoms with Gasteiger partial charge in [-0.1, -0.05) is 18.2 Å². The average molecular weight is 354 g/mol. The van der Waals surface area contributed by atoms with E-state index >= 15 is 0 Å². The van der Waals surface area contributed by atoms with Crippen molar-refractivity contribution in [2.75, 3.05) is 17.2 Å². The van der Waals surface area contributed by atoms with E-state index in [9.17, 15) is 9.59 Å². The number of hydrogen-bond donors (Lipinski definition) is 2. The zero-order valence-electron chi connectivity index (χ0n) is 15.3. The number of carbonyl (C=O) groups is 2. The van der Waals surface area contributed by atoms with Crippen LogP contribution in [0.4, 0.5) is 11.4 Å². The molecule has 1 heterocycles. The molecule has 0 atom stereocenters. The van der Waals surface area contributed by atoms with Crippen LogP contribution < -0.4 is 20.1 Å². The molecule has 0 radical (unpaired) electrons. The van der Waals surface area contributed by atoms with E-state index in [0.717, 1.165) is 11.1 Å². The van der Waals surface area contributed by atoms with Crippen LogP contribution in [0.15, 0.2) is 36.4 Å². The third-order valence-electron chi connectivity index (χ3n) is 4.15. The van der Waals surface area contributed by atoms with Crippen molar-refractivity contribution in [1.29, 1.82) is 0 Å². The Hall–Kier alpha value is -3.02. The van der Waals surface area contributed by atoms with Crippen LogP contribution in [0, 0.1) is 13.8 Å². The van der Waals surface area contributed by atoms with Gasteiger partial charge in [-0.2, -0.15) is 0 Å². The minimum Gasteiger partial charge on any atom is -0.483 e. The summed E-state index contributed by atoms with van der Waals surface area (Å²) in [5.74, 6) is 0.605. The molecule has 0 fully saturated rings. The van der Waals surface area contributed by atoms with Crippen molar-refractivity contribution in [3.05, 3.63) is 47.5 Å². The number of rotatable bonds is 4. The highest BCUT2D eigenvalue weighted by molar-refractivity contribution is 6.06. The summed E-state index contributed by atoms with van der Waals surface area (Å²) in [6, 6.07) is 11.0. The van der Waals surface area contributed by atoms with Gasteiger partial charge in [0, 0.05) is 0 Å². The Balaban J connectivity index is 1.71. The lowest BCUT2D eigenvalue weighted by atomic mass is 10.1. The van der Waals surface area contributed by atoms with Crippen LogP contribution in [0.1, 0.15) is 25.0 Å². The summed E-state index contributed by atoms with van der Waals surface area (Å²) in [5.41, 5.74) is 1.99. The molecule has 2 aromatic rings. The van der Waals surface area contributed by atoms with E-state index in [2.05, 4.69) is 10.6 Å². The van der Waals surface area contributed by atoms with Crippen molar-refractivity contribution in [2.45, 2.75) is 33.3 Å². The zero-order valence-corrected chi connectivity index (χ0v) is 15.3. The molecule has 136 valence electrons. The first-order chi connectivity index (χ1) is 12.3. The van der Waals surface area contributed by atoms with E-state index in [4.69, 9.17) is 9.47 Å². The first-order valence-electron chi connectivity index (χ1n) is 8.39. The second-order valence-corrected chi connectivity index (χ2v) is 6.85. The van der Waals surface area contributed by atoms with E-state index in [1.54, 1.807) is 32.0 Å². The number of benzene rings is 2. The SMILES string of the molecule is Cc1ccc(C)c(OCC(=O)Nc2cccc3c2NC(=O)C(C)(C)O3)c1. The van der Waals surface area contributed by atoms with Crippen LogP contribution in [-0.4, -0.2) is 24.0 Å². The highest BCUT2D eigenvalue weighted by Gasteiger charge is 2.36. The predicted molar refractivity (Wildman–Crippen MR) is 99.8 cm³/mol. The molecule has 0 saturated carbocycles. The molecular formula is C20H22N2O4. The third kappa shape index (κ3) is 3.64. The summed E-state index contributed by atoms with van der Waals surface area (Å²) >= 11 is 0.